The zero-order valence-electron chi connectivity index (χ0n) is 13.4. The molecule has 1 atom stereocenters. The molecule has 0 bridgehead atoms. The van der Waals surface area contributed by atoms with Crippen LogP contribution in [-0.2, 0) is 9.53 Å². The maximum atomic E-state index is 12.5. The van der Waals surface area contributed by atoms with E-state index in [2.05, 4.69) is 5.32 Å². The van der Waals surface area contributed by atoms with Crippen LogP contribution in [0.2, 0.25) is 0 Å². The quantitative estimate of drug-likeness (QED) is 0.867. The highest BCUT2D eigenvalue weighted by Crippen LogP contribution is 2.22. The second kappa shape index (κ2) is 6.86. The van der Waals surface area contributed by atoms with Crippen molar-refractivity contribution in [2.45, 2.75) is 32.4 Å². The molecular formula is C16H26N2O2. The largest absolute Gasteiger partial charge is 0.377 e. The van der Waals surface area contributed by atoms with Gasteiger partial charge in [-0.1, -0.05) is 24.3 Å². The number of amides is 1. The first-order valence-corrected chi connectivity index (χ1v) is 6.83. The summed E-state index contributed by atoms with van der Waals surface area (Å²) in [4.78, 5) is 14.4. The minimum atomic E-state index is -0.363. The Bertz CT molecular complexity index is 456. The maximum absolute atomic E-state index is 12.5. The van der Waals surface area contributed by atoms with Gasteiger partial charge in [-0.05, 0) is 46.0 Å². The van der Waals surface area contributed by atoms with E-state index in [4.69, 9.17) is 4.74 Å². The summed E-state index contributed by atoms with van der Waals surface area (Å²) < 4.78 is 5.33. The SMILES string of the molecule is COC(C)(C)CNC(=O)C(c1ccccc1C)N(C)C. The lowest BCUT2D eigenvalue weighted by Gasteiger charge is -2.28. The van der Waals surface area contributed by atoms with Crippen molar-refractivity contribution in [2.24, 2.45) is 0 Å². The van der Waals surface area contributed by atoms with E-state index in [-0.39, 0.29) is 17.6 Å². The summed E-state index contributed by atoms with van der Waals surface area (Å²) >= 11 is 0. The van der Waals surface area contributed by atoms with Gasteiger partial charge in [-0.2, -0.15) is 0 Å². The monoisotopic (exact) mass is 278 g/mol. The average Bonchev–Trinajstić information content (AvgIpc) is 2.39. The third kappa shape index (κ3) is 4.32. The number of ether oxygens (including phenoxy) is 1. The number of carbonyl (C=O) groups is 1. The first-order valence-electron chi connectivity index (χ1n) is 6.83. The molecule has 20 heavy (non-hydrogen) atoms. The van der Waals surface area contributed by atoms with Gasteiger partial charge in [0.05, 0.1) is 5.60 Å². The Morgan fingerprint density at radius 3 is 2.45 bits per heavy atom. The number of methoxy groups -OCH3 is 1. The Labute approximate surface area is 122 Å². The number of nitrogens with zero attached hydrogens (tertiary/aromatic N) is 1. The molecule has 0 aliphatic carbocycles. The minimum absolute atomic E-state index is 0.00516. The van der Waals surface area contributed by atoms with Gasteiger partial charge in [-0.25, -0.2) is 0 Å². The average molecular weight is 278 g/mol. The standard InChI is InChI=1S/C16H26N2O2/c1-12-9-7-8-10-13(12)14(18(4)5)15(19)17-11-16(2,3)20-6/h7-10,14H,11H2,1-6H3,(H,17,19). The summed E-state index contributed by atoms with van der Waals surface area (Å²) in [6, 6.07) is 7.69. The molecule has 1 aromatic carbocycles. The van der Waals surface area contributed by atoms with E-state index in [1.807, 2.05) is 64.0 Å². The zero-order chi connectivity index (χ0) is 15.3. The molecule has 4 nitrogen and oxygen atoms in total. The summed E-state index contributed by atoms with van der Waals surface area (Å²) in [5.74, 6) is -0.00516. The molecule has 0 saturated heterocycles. The van der Waals surface area contributed by atoms with Gasteiger partial charge in [-0.3, -0.25) is 9.69 Å². The van der Waals surface area contributed by atoms with Crippen molar-refractivity contribution in [2.75, 3.05) is 27.7 Å². The Morgan fingerprint density at radius 2 is 1.95 bits per heavy atom. The predicted octanol–water partition coefficient (Wildman–Crippen LogP) is 2.14. The van der Waals surface area contributed by atoms with Gasteiger partial charge < -0.3 is 10.1 Å². The van der Waals surface area contributed by atoms with Crippen LogP contribution in [0.15, 0.2) is 24.3 Å². The lowest BCUT2D eigenvalue weighted by Crippen LogP contribution is -2.44. The summed E-state index contributed by atoms with van der Waals surface area (Å²) in [5.41, 5.74) is 1.79. The van der Waals surface area contributed by atoms with Gasteiger partial charge in [-0.15, -0.1) is 0 Å². The van der Waals surface area contributed by atoms with Crippen LogP contribution >= 0.6 is 0 Å². The Morgan fingerprint density at radius 1 is 1.35 bits per heavy atom. The fourth-order valence-corrected chi connectivity index (χ4v) is 2.02. The molecule has 112 valence electrons. The van der Waals surface area contributed by atoms with E-state index in [1.165, 1.54) is 0 Å². The van der Waals surface area contributed by atoms with Gasteiger partial charge >= 0.3 is 0 Å². The molecule has 1 aromatic rings. The van der Waals surface area contributed by atoms with Crippen LogP contribution in [0.5, 0.6) is 0 Å². The Hall–Kier alpha value is -1.39. The lowest BCUT2D eigenvalue weighted by molar-refractivity contribution is -0.127. The molecule has 0 radical (unpaired) electrons. The second-order valence-electron chi connectivity index (χ2n) is 5.90. The van der Waals surface area contributed by atoms with Gasteiger partial charge in [0.15, 0.2) is 0 Å². The van der Waals surface area contributed by atoms with Gasteiger partial charge in [0, 0.05) is 13.7 Å². The minimum Gasteiger partial charge on any atom is -0.377 e. The number of likely N-dealkylation sites (N-methyl/N-ethyl adjacent to an activating group) is 1. The third-order valence-corrected chi connectivity index (χ3v) is 3.49. The molecule has 1 unspecified atom stereocenters. The highest BCUT2D eigenvalue weighted by atomic mass is 16.5. The molecular weight excluding hydrogens is 252 g/mol. The maximum Gasteiger partial charge on any atom is 0.242 e. The van der Waals surface area contributed by atoms with Crippen LogP contribution in [0, 0.1) is 6.92 Å². The van der Waals surface area contributed by atoms with Crippen molar-refractivity contribution < 1.29 is 9.53 Å². The van der Waals surface area contributed by atoms with Crippen molar-refractivity contribution in [1.29, 1.82) is 0 Å². The highest BCUT2D eigenvalue weighted by molar-refractivity contribution is 5.83. The highest BCUT2D eigenvalue weighted by Gasteiger charge is 2.26. The van der Waals surface area contributed by atoms with E-state index in [0.717, 1.165) is 11.1 Å². The first-order chi connectivity index (χ1) is 9.28. The van der Waals surface area contributed by atoms with Gasteiger partial charge in [0.2, 0.25) is 5.91 Å². The molecule has 1 rings (SSSR count). The van der Waals surface area contributed by atoms with Crippen LogP contribution in [0.3, 0.4) is 0 Å². The number of aryl methyl sites for hydroxylation is 1. The van der Waals surface area contributed by atoms with Crippen LogP contribution in [0.1, 0.15) is 31.0 Å². The van der Waals surface area contributed by atoms with E-state index in [1.54, 1.807) is 7.11 Å². The predicted molar refractivity (Wildman–Crippen MR) is 81.7 cm³/mol. The third-order valence-electron chi connectivity index (χ3n) is 3.49. The smallest absolute Gasteiger partial charge is 0.242 e. The van der Waals surface area contributed by atoms with Gasteiger partial charge in [0.1, 0.15) is 6.04 Å². The van der Waals surface area contributed by atoms with E-state index in [9.17, 15) is 4.79 Å². The van der Waals surface area contributed by atoms with Crippen molar-refractivity contribution in [3.8, 4) is 0 Å². The number of nitrogens with one attached hydrogen (secondary N) is 1. The number of rotatable bonds is 6. The zero-order valence-corrected chi connectivity index (χ0v) is 13.4. The molecule has 0 heterocycles. The number of carbonyl (C=O) groups excluding carboxylic acids is 1. The summed E-state index contributed by atoms with van der Waals surface area (Å²) in [6.07, 6.45) is 0. The number of benzene rings is 1. The molecule has 0 saturated carbocycles. The van der Waals surface area contributed by atoms with Crippen LogP contribution in [0.25, 0.3) is 0 Å². The molecule has 1 amide bonds. The number of hydrogen-bond acceptors (Lipinski definition) is 3. The summed E-state index contributed by atoms with van der Waals surface area (Å²) in [5, 5.41) is 2.98. The van der Waals surface area contributed by atoms with E-state index < -0.39 is 0 Å². The number of hydrogen-bond donors (Lipinski definition) is 1. The molecule has 0 aliphatic rings. The normalized spacial score (nSPS) is 13.3. The van der Waals surface area contributed by atoms with Crippen molar-refractivity contribution in [3.63, 3.8) is 0 Å². The lowest BCUT2D eigenvalue weighted by atomic mass is 9.99. The van der Waals surface area contributed by atoms with Gasteiger partial charge in [0.25, 0.3) is 0 Å². The van der Waals surface area contributed by atoms with Crippen molar-refractivity contribution in [1.82, 2.24) is 10.2 Å². The molecule has 0 fully saturated rings. The summed E-state index contributed by atoms with van der Waals surface area (Å²) in [6.45, 7) is 6.41. The van der Waals surface area contributed by atoms with Crippen LogP contribution in [-0.4, -0.2) is 44.2 Å². The fourth-order valence-electron chi connectivity index (χ4n) is 2.02. The summed E-state index contributed by atoms with van der Waals surface area (Å²) in [7, 11) is 5.48. The molecule has 0 aromatic heterocycles. The molecule has 1 N–H and O–H groups in total. The van der Waals surface area contributed by atoms with Crippen LogP contribution in [0.4, 0.5) is 0 Å². The van der Waals surface area contributed by atoms with E-state index in [0.29, 0.717) is 6.54 Å². The molecule has 0 spiro atoms. The van der Waals surface area contributed by atoms with E-state index >= 15 is 0 Å². The Balaban J connectivity index is 2.88. The van der Waals surface area contributed by atoms with Crippen molar-refractivity contribution in [3.05, 3.63) is 35.4 Å². The van der Waals surface area contributed by atoms with Crippen molar-refractivity contribution >= 4 is 5.91 Å². The molecule has 4 heteroatoms. The first kappa shape index (κ1) is 16.7. The molecule has 0 aliphatic heterocycles. The Kier molecular flexibility index (Phi) is 5.72. The second-order valence-corrected chi connectivity index (χ2v) is 5.90. The topological polar surface area (TPSA) is 41.6 Å². The van der Waals surface area contributed by atoms with Crippen LogP contribution < -0.4 is 5.32 Å². The fraction of sp³-hybridized carbons (Fsp3) is 0.562.